The van der Waals surface area contributed by atoms with Gasteiger partial charge in [-0.3, -0.25) is 5.43 Å². The first-order valence-electron chi connectivity index (χ1n) is 5.75. The molecular weight excluding hydrogens is 190 g/mol. The van der Waals surface area contributed by atoms with Crippen LogP contribution in [-0.4, -0.2) is 6.03 Å². The van der Waals surface area contributed by atoms with Gasteiger partial charge in [-0.15, -0.1) is 0 Å². The molecule has 4 nitrogen and oxygen atoms in total. The van der Waals surface area contributed by atoms with Crippen molar-refractivity contribution in [3.63, 3.8) is 0 Å². The molecule has 2 amide bonds. The molecule has 3 rings (SSSR count). The Morgan fingerprint density at radius 1 is 1.33 bits per heavy atom. The van der Waals surface area contributed by atoms with E-state index in [1.165, 1.54) is 31.4 Å². The van der Waals surface area contributed by atoms with Gasteiger partial charge in [-0.05, 0) is 43.4 Å². The molecule has 4 atom stereocenters. The number of fused-ring (bicyclic) bond motifs is 2. The molecule has 4 heteroatoms. The zero-order valence-electron chi connectivity index (χ0n) is 8.70. The maximum atomic E-state index is 10.6. The summed E-state index contributed by atoms with van der Waals surface area (Å²) in [5, 5.41) is 0. The summed E-state index contributed by atoms with van der Waals surface area (Å²) < 4.78 is 0. The minimum Gasteiger partial charge on any atom is -0.350 e. The number of nitrogens with two attached hydrogens (primary N) is 1. The van der Waals surface area contributed by atoms with E-state index in [0.717, 1.165) is 17.8 Å². The summed E-state index contributed by atoms with van der Waals surface area (Å²) in [6, 6.07) is -0.511. The predicted octanol–water partition coefficient (Wildman–Crippen LogP) is 1.11. The highest BCUT2D eigenvalue weighted by atomic mass is 16.2. The van der Waals surface area contributed by atoms with Crippen molar-refractivity contribution in [1.82, 2.24) is 10.9 Å². The molecule has 4 unspecified atom stereocenters. The Labute approximate surface area is 89.3 Å². The fourth-order valence-corrected chi connectivity index (χ4v) is 3.77. The number of allylic oxidation sites excluding steroid dienone is 2. The zero-order chi connectivity index (χ0) is 10.4. The minimum absolute atomic E-state index is 0.511. The van der Waals surface area contributed by atoms with Gasteiger partial charge in [-0.1, -0.05) is 6.08 Å². The molecule has 0 aromatic heterocycles. The molecule has 0 aromatic rings. The molecular formula is C11H17N3O. The van der Waals surface area contributed by atoms with E-state index in [2.05, 4.69) is 16.9 Å². The molecule has 0 aliphatic heterocycles. The van der Waals surface area contributed by atoms with Crippen molar-refractivity contribution in [2.45, 2.75) is 25.7 Å². The van der Waals surface area contributed by atoms with Crippen molar-refractivity contribution < 1.29 is 4.79 Å². The van der Waals surface area contributed by atoms with Gasteiger partial charge >= 0.3 is 6.03 Å². The lowest BCUT2D eigenvalue weighted by molar-refractivity contribution is 0.240. The van der Waals surface area contributed by atoms with Gasteiger partial charge < -0.3 is 11.2 Å². The maximum absolute atomic E-state index is 10.6. The monoisotopic (exact) mass is 207 g/mol. The fourth-order valence-electron chi connectivity index (χ4n) is 3.77. The second kappa shape index (κ2) is 3.15. The summed E-state index contributed by atoms with van der Waals surface area (Å²) in [5.74, 6) is 3.13. The van der Waals surface area contributed by atoms with E-state index in [-0.39, 0.29) is 0 Å². The normalized spacial score (nSPS) is 41.2. The van der Waals surface area contributed by atoms with Gasteiger partial charge in [0.15, 0.2) is 0 Å². The summed E-state index contributed by atoms with van der Waals surface area (Å²) in [6.45, 7) is 0. The number of primary amides is 1. The molecule has 2 saturated carbocycles. The van der Waals surface area contributed by atoms with Gasteiger partial charge in [0.25, 0.3) is 0 Å². The highest BCUT2D eigenvalue weighted by molar-refractivity contribution is 5.71. The van der Waals surface area contributed by atoms with Gasteiger partial charge in [0.2, 0.25) is 0 Å². The quantitative estimate of drug-likeness (QED) is 0.594. The van der Waals surface area contributed by atoms with Crippen molar-refractivity contribution in [3.05, 3.63) is 11.8 Å². The van der Waals surface area contributed by atoms with Crippen molar-refractivity contribution in [2.75, 3.05) is 0 Å². The van der Waals surface area contributed by atoms with Crippen LogP contribution in [0.2, 0.25) is 0 Å². The number of hydrogen-bond acceptors (Lipinski definition) is 2. The lowest BCUT2D eigenvalue weighted by Crippen LogP contribution is -2.43. The first-order valence-corrected chi connectivity index (χ1v) is 5.75. The Bertz CT molecular complexity index is 324. The van der Waals surface area contributed by atoms with E-state index in [1.54, 1.807) is 0 Å². The molecule has 3 bridgehead atoms. The molecule has 3 aliphatic carbocycles. The maximum Gasteiger partial charge on any atom is 0.330 e. The zero-order valence-corrected chi connectivity index (χ0v) is 8.70. The SMILES string of the molecule is NC(=O)NNC1=CC2CC3CC(C2)C1C3. The molecule has 0 saturated heterocycles. The van der Waals surface area contributed by atoms with Gasteiger partial charge in [0, 0.05) is 11.6 Å². The van der Waals surface area contributed by atoms with Gasteiger partial charge in [-0.25, -0.2) is 4.79 Å². The van der Waals surface area contributed by atoms with Crippen LogP contribution in [0.4, 0.5) is 4.79 Å². The van der Waals surface area contributed by atoms with Crippen LogP contribution in [0.1, 0.15) is 25.7 Å². The molecule has 0 radical (unpaired) electrons. The Balaban J connectivity index is 1.76. The van der Waals surface area contributed by atoms with Crippen LogP contribution >= 0.6 is 0 Å². The molecule has 15 heavy (non-hydrogen) atoms. The van der Waals surface area contributed by atoms with Crippen LogP contribution in [0.3, 0.4) is 0 Å². The largest absolute Gasteiger partial charge is 0.350 e. The summed E-state index contributed by atoms with van der Waals surface area (Å²) in [6.07, 6.45) is 7.67. The number of hydrazine groups is 1. The minimum atomic E-state index is -0.511. The number of rotatable bonds is 2. The Morgan fingerprint density at radius 2 is 2.20 bits per heavy atom. The van der Waals surface area contributed by atoms with E-state index in [0.29, 0.717) is 5.92 Å². The summed E-state index contributed by atoms with van der Waals surface area (Å²) in [4.78, 5) is 10.6. The highest BCUT2D eigenvalue weighted by Gasteiger charge is 2.45. The lowest BCUT2D eigenvalue weighted by atomic mass is 9.75. The molecule has 0 spiro atoms. The molecule has 2 fully saturated rings. The van der Waals surface area contributed by atoms with Crippen LogP contribution in [-0.2, 0) is 0 Å². The molecule has 82 valence electrons. The van der Waals surface area contributed by atoms with Crippen LogP contribution < -0.4 is 16.6 Å². The topological polar surface area (TPSA) is 67.2 Å². The second-order valence-corrected chi connectivity index (χ2v) is 5.17. The Hall–Kier alpha value is -1.19. The molecule has 3 aliphatic rings. The highest BCUT2D eigenvalue weighted by Crippen LogP contribution is 2.53. The number of amides is 2. The molecule has 4 N–H and O–H groups in total. The van der Waals surface area contributed by atoms with Crippen LogP contribution in [0.25, 0.3) is 0 Å². The van der Waals surface area contributed by atoms with Crippen LogP contribution in [0.5, 0.6) is 0 Å². The average molecular weight is 207 g/mol. The third kappa shape index (κ3) is 1.48. The summed E-state index contributed by atoms with van der Waals surface area (Å²) in [7, 11) is 0. The standard InChI is InChI=1S/C11H17N3O/c12-11(15)14-13-10-5-7-1-6-2-8(3-7)9(10)4-6/h5-9,13H,1-4H2,(H3,12,14,15). The van der Waals surface area contributed by atoms with Crippen LogP contribution in [0, 0.1) is 23.7 Å². The number of urea groups is 1. The van der Waals surface area contributed by atoms with Crippen molar-refractivity contribution in [3.8, 4) is 0 Å². The van der Waals surface area contributed by atoms with Gasteiger partial charge in [-0.2, -0.15) is 0 Å². The number of nitrogens with one attached hydrogen (secondary N) is 2. The summed E-state index contributed by atoms with van der Waals surface area (Å²) in [5.41, 5.74) is 11.7. The summed E-state index contributed by atoms with van der Waals surface area (Å²) >= 11 is 0. The number of carbonyl (C=O) groups is 1. The van der Waals surface area contributed by atoms with E-state index < -0.39 is 6.03 Å². The van der Waals surface area contributed by atoms with Crippen molar-refractivity contribution in [2.24, 2.45) is 29.4 Å². The number of carbonyl (C=O) groups excluding carboxylic acids is 1. The average Bonchev–Trinajstić information content (AvgIpc) is 2.40. The first-order chi connectivity index (χ1) is 7.22. The first kappa shape index (κ1) is 9.07. The van der Waals surface area contributed by atoms with E-state index in [4.69, 9.17) is 5.73 Å². The predicted molar refractivity (Wildman–Crippen MR) is 56.4 cm³/mol. The lowest BCUT2D eigenvalue weighted by Gasteiger charge is -2.33. The third-order valence-corrected chi connectivity index (χ3v) is 4.18. The fraction of sp³-hybridized carbons (Fsp3) is 0.727. The van der Waals surface area contributed by atoms with Crippen LogP contribution in [0.15, 0.2) is 11.8 Å². The number of hydrogen-bond donors (Lipinski definition) is 3. The Morgan fingerprint density at radius 3 is 3.00 bits per heavy atom. The van der Waals surface area contributed by atoms with Crippen molar-refractivity contribution >= 4 is 6.03 Å². The van der Waals surface area contributed by atoms with E-state index in [9.17, 15) is 4.79 Å². The van der Waals surface area contributed by atoms with Gasteiger partial charge in [0.05, 0.1) is 0 Å². The van der Waals surface area contributed by atoms with Crippen molar-refractivity contribution in [1.29, 1.82) is 0 Å². The van der Waals surface area contributed by atoms with E-state index in [1.807, 2.05) is 0 Å². The smallest absolute Gasteiger partial charge is 0.330 e. The molecule has 0 heterocycles. The third-order valence-electron chi connectivity index (χ3n) is 4.18. The Kier molecular flexibility index (Phi) is 1.90. The second-order valence-electron chi connectivity index (χ2n) is 5.17. The van der Waals surface area contributed by atoms with Gasteiger partial charge in [0.1, 0.15) is 0 Å². The van der Waals surface area contributed by atoms with E-state index >= 15 is 0 Å². The molecule has 0 aromatic carbocycles.